The van der Waals surface area contributed by atoms with Crippen LogP contribution in [0, 0.1) is 5.82 Å². The summed E-state index contributed by atoms with van der Waals surface area (Å²) in [6.07, 6.45) is 4.98. The number of pyridine rings is 1. The first-order chi connectivity index (χ1) is 19.4. The molecule has 5 heterocycles. The van der Waals surface area contributed by atoms with Gasteiger partial charge in [0, 0.05) is 64.5 Å². The normalized spacial score (nSPS) is 18.7. The van der Waals surface area contributed by atoms with Crippen molar-refractivity contribution in [3.05, 3.63) is 105 Å². The van der Waals surface area contributed by atoms with E-state index in [4.69, 9.17) is 16.6 Å². The second-order valence-electron chi connectivity index (χ2n) is 9.25. The minimum Gasteiger partial charge on any atom is -0.351 e. The third-order valence-electron chi connectivity index (χ3n) is 6.66. The molecule has 2 aliphatic rings. The number of amides is 1. The summed E-state index contributed by atoms with van der Waals surface area (Å²) in [5.74, 6) is -0.157. The quantitative estimate of drug-likeness (QED) is 0.320. The number of carbonyl (C=O) groups is 1. The average molecular weight is 584 g/mol. The molecule has 0 unspecified atom stereocenters. The smallest absolute Gasteiger partial charge is 0.333 e. The summed E-state index contributed by atoms with van der Waals surface area (Å²) in [4.78, 5) is 28.5. The molecule has 0 spiro atoms. The molecule has 0 aliphatic carbocycles. The molecule has 204 valence electrons. The molecule has 8 nitrogen and oxygen atoms in total. The highest BCUT2D eigenvalue weighted by Gasteiger charge is 2.41. The lowest BCUT2D eigenvalue weighted by Crippen LogP contribution is -2.40. The molecule has 6 rings (SSSR count). The molecule has 0 saturated carbocycles. The van der Waals surface area contributed by atoms with Crippen LogP contribution in [0.2, 0.25) is 5.02 Å². The number of hydrogen-bond acceptors (Lipinski definition) is 7. The van der Waals surface area contributed by atoms with Crippen LogP contribution in [0.25, 0.3) is 5.57 Å². The maximum atomic E-state index is 14.0. The third-order valence-corrected chi connectivity index (χ3v) is 7.75. The molecule has 40 heavy (non-hydrogen) atoms. The zero-order valence-corrected chi connectivity index (χ0v) is 22.3. The predicted octanol–water partition coefficient (Wildman–Crippen LogP) is 5.27. The zero-order valence-electron chi connectivity index (χ0n) is 20.7. The van der Waals surface area contributed by atoms with Crippen molar-refractivity contribution in [1.82, 2.24) is 30.0 Å². The Morgan fingerprint density at radius 1 is 1.18 bits per heavy atom. The van der Waals surface area contributed by atoms with Crippen molar-refractivity contribution in [2.75, 3.05) is 6.54 Å². The van der Waals surface area contributed by atoms with E-state index in [1.165, 1.54) is 41.8 Å². The van der Waals surface area contributed by atoms with Crippen molar-refractivity contribution in [3.63, 3.8) is 0 Å². The van der Waals surface area contributed by atoms with E-state index in [0.29, 0.717) is 45.3 Å². The molecule has 1 saturated heterocycles. The van der Waals surface area contributed by atoms with E-state index < -0.39 is 18.4 Å². The van der Waals surface area contributed by atoms with Crippen LogP contribution < -0.4 is 5.32 Å². The van der Waals surface area contributed by atoms with E-state index in [1.807, 2.05) is 16.3 Å². The van der Waals surface area contributed by atoms with Gasteiger partial charge in [-0.2, -0.15) is 13.9 Å². The van der Waals surface area contributed by atoms with Gasteiger partial charge in [-0.3, -0.25) is 14.8 Å². The van der Waals surface area contributed by atoms with Crippen LogP contribution in [0.1, 0.15) is 41.0 Å². The first kappa shape index (κ1) is 26.2. The topological polar surface area (TPSA) is 88.3 Å². The Kier molecular flexibility index (Phi) is 7.11. The van der Waals surface area contributed by atoms with Crippen LogP contribution in [-0.4, -0.2) is 49.0 Å². The first-order valence-corrected chi connectivity index (χ1v) is 13.6. The summed E-state index contributed by atoms with van der Waals surface area (Å²) in [5, 5.41) is 9.81. The number of amidine groups is 1. The van der Waals surface area contributed by atoms with E-state index in [2.05, 4.69) is 20.4 Å². The van der Waals surface area contributed by atoms with Crippen molar-refractivity contribution in [2.24, 2.45) is 4.99 Å². The van der Waals surface area contributed by atoms with Crippen LogP contribution in [0.3, 0.4) is 0 Å². The lowest BCUT2D eigenvalue weighted by atomic mass is 9.92. The molecule has 2 atom stereocenters. The van der Waals surface area contributed by atoms with Crippen LogP contribution in [0.5, 0.6) is 0 Å². The lowest BCUT2D eigenvalue weighted by molar-refractivity contribution is -0.121. The van der Waals surface area contributed by atoms with E-state index in [1.54, 1.807) is 24.5 Å². The molecule has 1 amide bonds. The number of fused-ring (bicyclic) bond motifs is 1. The summed E-state index contributed by atoms with van der Waals surface area (Å²) >= 11 is 7.88. The number of halogens is 4. The van der Waals surface area contributed by atoms with Gasteiger partial charge in [-0.15, -0.1) is 11.3 Å². The van der Waals surface area contributed by atoms with Crippen molar-refractivity contribution in [1.29, 1.82) is 0 Å². The van der Waals surface area contributed by atoms with Crippen molar-refractivity contribution < 1.29 is 18.0 Å². The Morgan fingerprint density at radius 2 is 2.05 bits per heavy atom. The van der Waals surface area contributed by atoms with E-state index in [0.717, 1.165) is 5.70 Å². The molecule has 1 aromatic carbocycles. The molecular formula is C27H21ClF3N7OS. The average Bonchev–Trinajstić information content (AvgIpc) is 3.69. The minimum atomic E-state index is -2.83. The largest absolute Gasteiger partial charge is 0.351 e. The standard InChI is InChI=1S/C27H21ClF3N7OS/c28-19-11-15(29)4-5-18(19)24-23(20-6-9-38(36-20)27(30)31)21-12-17(34-22(39)13-16-3-1-2-7-32-16)14-37(21)25(35-24)26-33-8-10-40-26/h1-11,17,24,27H,12-14H2,(H,34,39)/t17-,24-/m0/s1. The second kappa shape index (κ2) is 10.9. The monoisotopic (exact) mass is 583 g/mol. The number of benzene rings is 1. The number of rotatable bonds is 7. The number of hydrogen-bond donors (Lipinski definition) is 1. The van der Waals surface area contributed by atoms with Crippen LogP contribution in [0.4, 0.5) is 13.2 Å². The van der Waals surface area contributed by atoms with Gasteiger partial charge in [-0.05, 0) is 30.3 Å². The SMILES string of the molecule is O=C(Cc1ccccn1)N[C@H]1CC2=C(c3ccn(C(F)F)n3)[C@H](c3ccc(F)cc3Cl)N=C(c3nccs3)N2C1. The Hall–Kier alpha value is -4.03. The van der Waals surface area contributed by atoms with Gasteiger partial charge in [0.2, 0.25) is 5.91 Å². The fourth-order valence-corrected chi connectivity index (χ4v) is 5.91. The van der Waals surface area contributed by atoms with Crippen molar-refractivity contribution in [2.45, 2.75) is 31.5 Å². The summed E-state index contributed by atoms with van der Waals surface area (Å²) in [7, 11) is 0. The molecule has 1 fully saturated rings. The molecule has 1 N–H and O–H groups in total. The Morgan fingerprint density at radius 3 is 2.75 bits per heavy atom. The summed E-state index contributed by atoms with van der Waals surface area (Å²) in [6.45, 7) is -2.45. The molecule has 4 aromatic rings. The highest BCUT2D eigenvalue weighted by molar-refractivity contribution is 7.11. The Bertz CT molecular complexity index is 1610. The molecule has 2 aliphatic heterocycles. The third kappa shape index (κ3) is 5.11. The number of nitrogens with zero attached hydrogens (tertiary/aromatic N) is 6. The lowest BCUT2D eigenvalue weighted by Gasteiger charge is -2.32. The van der Waals surface area contributed by atoms with Crippen LogP contribution in [-0.2, 0) is 11.2 Å². The van der Waals surface area contributed by atoms with Crippen molar-refractivity contribution >= 4 is 40.3 Å². The molecule has 0 radical (unpaired) electrons. The minimum absolute atomic E-state index is 0.114. The number of thiazole rings is 1. The van der Waals surface area contributed by atoms with Crippen molar-refractivity contribution in [3.8, 4) is 0 Å². The van der Waals surface area contributed by atoms with E-state index >= 15 is 0 Å². The Balaban J connectivity index is 1.43. The van der Waals surface area contributed by atoms with Gasteiger partial charge in [-0.25, -0.2) is 14.1 Å². The van der Waals surface area contributed by atoms with Gasteiger partial charge in [0.1, 0.15) is 11.9 Å². The maximum absolute atomic E-state index is 14.0. The fraction of sp³-hybridized carbons (Fsp3) is 0.222. The second-order valence-corrected chi connectivity index (χ2v) is 10.6. The van der Waals surface area contributed by atoms with Gasteiger partial charge >= 0.3 is 6.55 Å². The Labute approximate surface area is 235 Å². The predicted molar refractivity (Wildman–Crippen MR) is 144 cm³/mol. The van der Waals surface area contributed by atoms with Crippen LogP contribution >= 0.6 is 22.9 Å². The summed E-state index contributed by atoms with van der Waals surface area (Å²) < 4.78 is 41.5. The highest BCUT2D eigenvalue weighted by atomic mass is 35.5. The van der Waals surface area contributed by atoms with Gasteiger partial charge < -0.3 is 10.2 Å². The molecule has 13 heteroatoms. The van der Waals surface area contributed by atoms with E-state index in [-0.39, 0.29) is 29.1 Å². The zero-order chi connectivity index (χ0) is 27.8. The highest BCUT2D eigenvalue weighted by Crippen LogP contribution is 2.46. The van der Waals surface area contributed by atoms with Gasteiger partial charge in [-0.1, -0.05) is 23.7 Å². The number of aliphatic imine (C=N–C) groups is 1. The first-order valence-electron chi connectivity index (χ1n) is 12.3. The number of aromatic nitrogens is 4. The van der Waals surface area contributed by atoms with Gasteiger partial charge in [0.25, 0.3) is 0 Å². The summed E-state index contributed by atoms with van der Waals surface area (Å²) in [5.41, 5.74) is 2.72. The molecular weight excluding hydrogens is 563 g/mol. The van der Waals surface area contributed by atoms with E-state index in [9.17, 15) is 18.0 Å². The molecule has 3 aromatic heterocycles. The molecule has 0 bridgehead atoms. The number of carbonyl (C=O) groups excluding carboxylic acids is 1. The number of alkyl halides is 2. The van der Waals surface area contributed by atoms with Crippen LogP contribution in [0.15, 0.2) is 77.1 Å². The maximum Gasteiger partial charge on any atom is 0.333 e. The number of nitrogens with one attached hydrogen (secondary N) is 1. The summed E-state index contributed by atoms with van der Waals surface area (Å²) in [6, 6.07) is 9.79. The fourth-order valence-electron chi connectivity index (χ4n) is 5.00. The van der Waals surface area contributed by atoms with Gasteiger partial charge in [0.05, 0.1) is 18.2 Å². The van der Waals surface area contributed by atoms with Gasteiger partial charge in [0.15, 0.2) is 10.8 Å².